The van der Waals surface area contributed by atoms with Gasteiger partial charge in [-0.1, -0.05) is 13.8 Å². The van der Waals surface area contributed by atoms with E-state index >= 15 is 0 Å². The van der Waals surface area contributed by atoms with Gasteiger partial charge in [0.1, 0.15) is 0 Å². The first-order valence-electron chi connectivity index (χ1n) is 6.43. The molecule has 2 aliphatic rings. The van der Waals surface area contributed by atoms with E-state index in [1.54, 1.807) is 25.7 Å². The molecule has 0 atom stereocenters. The van der Waals surface area contributed by atoms with Crippen LogP contribution in [0.4, 0.5) is 0 Å². The molecule has 2 aliphatic carbocycles. The van der Waals surface area contributed by atoms with Gasteiger partial charge in [-0.2, -0.15) is 0 Å². The van der Waals surface area contributed by atoms with Gasteiger partial charge in [0.05, 0.1) is 6.61 Å². The topological polar surface area (TPSA) is 26.3 Å². The fourth-order valence-electron chi connectivity index (χ4n) is 2.06. The van der Waals surface area contributed by atoms with Crippen molar-refractivity contribution < 1.29 is 9.53 Å². The van der Waals surface area contributed by atoms with E-state index in [2.05, 4.69) is 0 Å². The lowest BCUT2D eigenvalue weighted by atomic mass is 9.60. The van der Waals surface area contributed by atoms with Gasteiger partial charge in [0.2, 0.25) is 0 Å². The van der Waals surface area contributed by atoms with Crippen molar-refractivity contribution in [2.24, 2.45) is 11.8 Å². The first-order chi connectivity index (χ1) is 7.27. The summed E-state index contributed by atoms with van der Waals surface area (Å²) < 4.78 is 4.79. The first-order valence-corrected chi connectivity index (χ1v) is 6.43. The minimum absolute atomic E-state index is 0.0700. The molecular weight excluding hydrogens is 188 g/mol. The van der Waals surface area contributed by atoms with Gasteiger partial charge in [-0.25, -0.2) is 0 Å². The third-order valence-corrected chi connectivity index (χ3v) is 3.40. The fourth-order valence-corrected chi connectivity index (χ4v) is 2.06. The summed E-state index contributed by atoms with van der Waals surface area (Å²) in [6.45, 7) is 4.52. The molecule has 0 unspecified atom stereocenters. The molecule has 0 heterocycles. The molecule has 0 bridgehead atoms. The van der Waals surface area contributed by atoms with Crippen molar-refractivity contribution >= 4 is 5.97 Å². The van der Waals surface area contributed by atoms with Crippen molar-refractivity contribution in [2.75, 3.05) is 6.61 Å². The Labute approximate surface area is 93.4 Å². The highest BCUT2D eigenvalue weighted by molar-refractivity contribution is 5.69. The Morgan fingerprint density at radius 3 is 1.87 bits per heavy atom. The molecule has 2 fully saturated rings. The maximum atomic E-state index is 10.6. The molecule has 0 aromatic carbocycles. The molecule has 0 aromatic rings. The predicted octanol–water partition coefficient (Wildman–Crippen LogP) is 3.55. The number of fused-ring (bicyclic) bond motifs is 1. The SMILES string of the molecule is C1CC2CCC12.CCCOC(=O)CCC. The summed E-state index contributed by atoms with van der Waals surface area (Å²) in [5, 5.41) is 0. The zero-order valence-electron chi connectivity index (χ0n) is 10.1. The van der Waals surface area contributed by atoms with Crippen molar-refractivity contribution in [3.05, 3.63) is 0 Å². The van der Waals surface area contributed by atoms with E-state index in [1.807, 2.05) is 13.8 Å². The Morgan fingerprint density at radius 2 is 1.60 bits per heavy atom. The molecule has 2 nitrogen and oxygen atoms in total. The summed E-state index contributed by atoms with van der Waals surface area (Å²) in [5.74, 6) is 2.36. The predicted molar refractivity (Wildman–Crippen MR) is 61.6 cm³/mol. The van der Waals surface area contributed by atoms with Gasteiger partial charge in [-0.05, 0) is 50.4 Å². The maximum absolute atomic E-state index is 10.6. The van der Waals surface area contributed by atoms with Crippen LogP contribution in [0.15, 0.2) is 0 Å². The van der Waals surface area contributed by atoms with Crippen LogP contribution < -0.4 is 0 Å². The van der Waals surface area contributed by atoms with Gasteiger partial charge >= 0.3 is 5.97 Å². The van der Waals surface area contributed by atoms with E-state index in [4.69, 9.17) is 4.74 Å². The molecule has 0 aliphatic heterocycles. The molecule has 0 N–H and O–H groups in total. The van der Waals surface area contributed by atoms with Crippen LogP contribution in [0.5, 0.6) is 0 Å². The van der Waals surface area contributed by atoms with E-state index < -0.39 is 0 Å². The largest absolute Gasteiger partial charge is 0.466 e. The highest BCUT2D eigenvalue weighted by Crippen LogP contribution is 2.49. The van der Waals surface area contributed by atoms with Crippen LogP contribution in [0, 0.1) is 11.8 Å². The summed E-state index contributed by atoms with van der Waals surface area (Å²) >= 11 is 0. The summed E-state index contributed by atoms with van der Waals surface area (Å²) in [7, 11) is 0. The smallest absolute Gasteiger partial charge is 0.305 e. The Kier molecular flexibility index (Phi) is 5.74. The Balaban J connectivity index is 0.000000158. The number of ether oxygens (including phenoxy) is 1. The van der Waals surface area contributed by atoms with Gasteiger partial charge in [0.25, 0.3) is 0 Å². The van der Waals surface area contributed by atoms with Crippen molar-refractivity contribution in [1.82, 2.24) is 0 Å². The van der Waals surface area contributed by atoms with E-state index in [0.29, 0.717) is 13.0 Å². The average Bonchev–Trinajstić information content (AvgIpc) is 2.22. The quantitative estimate of drug-likeness (QED) is 0.666. The van der Waals surface area contributed by atoms with Gasteiger partial charge in [-0.15, -0.1) is 0 Å². The lowest BCUT2D eigenvalue weighted by Gasteiger charge is -2.46. The third kappa shape index (κ3) is 4.23. The number of hydrogen-bond acceptors (Lipinski definition) is 2. The molecule has 0 radical (unpaired) electrons. The number of hydrogen-bond donors (Lipinski definition) is 0. The summed E-state index contributed by atoms with van der Waals surface area (Å²) in [6, 6.07) is 0. The average molecular weight is 212 g/mol. The van der Waals surface area contributed by atoms with E-state index in [0.717, 1.165) is 12.8 Å². The zero-order valence-corrected chi connectivity index (χ0v) is 10.1. The van der Waals surface area contributed by atoms with Crippen LogP contribution in [-0.4, -0.2) is 12.6 Å². The van der Waals surface area contributed by atoms with Crippen LogP contribution in [0.25, 0.3) is 0 Å². The molecule has 15 heavy (non-hydrogen) atoms. The second-order valence-corrected chi connectivity index (χ2v) is 4.65. The lowest BCUT2D eigenvalue weighted by molar-refractivity contribution is -0.143. The minimum Gasteiger partial charge on any atom is -0.466 e. The molecule has 0 aromatic heterocycles. The van der Waals surface area contributed by atoms with Crippen molar-refractivity contribution in [3.63, 3.8) is 0 Å². The third-order valence-electron chi connectivity index (χ3n) is 3.40. The second-order valence-electron chi connectivity index (χ2n) is 4.65. The van der Waals surface area contributed by atoms with Crippen LogP contribution in [0.3, 0.4) is 0 Å². The number of esters is 1. The molecule has 2 rings (SSSR count). The number of carbonyl (C=O) groups excluding carboxylic acids is 1. The monoisotopic (exact) mass is 212 g/mol. The fraction of sp³-hybridized carbons (Fsp3) is 0.923. The van der Waals surface area contributed by atoms with E-state index in [1.165, 1.54) is 11.8 Å². The van der Waals surface area contributed by atoms with Crippen LogP contribution in [0.2, 0.25) is 0 Å². The van der Waals surface area contributed by atoms with Crippen molar-refractivity contribution in [2.45, 2.75) is 58.8 Å². The first kappa shape index (κ1) is 12.5. The number of carbonyl (C=O) groups is 1. The summed E-state index contributed by atoms with van der Waals surface area (Å²) in [5.41, 5.74) is 0. The maximum Gasteiger partial charge on any atom is 0.305 e. The summed E-state index contributed by atoms with van der Waals surface area (Å²) in [4.78, 5) is 10.6. The molecular formula is C13H24O2. The summed E-state index contributed by atoms with van der Waals surface area (Å²) in [6.07, 6.45) is 8.59. The zero-order chi connectivity index (χ0) is 11.1. The van der Waals surface area contributed by atoms with Crippen LogP contribution in [-0.2, 0) is 9.53 Å². The molecule has 2 heteroatoms. The molecule has 88 valence electrons. The molecule has 2 saturated carbocycles. The van der Waals surface area contributed by atoms with Gasteiger partial charge in [-0.3, -0.25) is 4.79 Å². The Hall–Kier alpha value is -0.530. The molecule has 0 saturated heterocycles. The normalized spacial score (nSPS) is 26.3. The minimum atomic E-state index is -0.0700. The molecule has 0 spiro atoms. The van der Waals surface area contributed by atoms with Gasteiger partial charge in [0.15, 0.2) is 0 Å². The van der Waals surface area contributed by atoms with E-state index in [9.17, 15) is 4.79 Å². The Morgan fingerprint density at radius 1 is 1.07 bits per heavy atom. The van der Waals surface area contributed by atoms with Crippen LogP contribution in [0.1, 0.15) is 58.8 Å². The van der Waals surface area contributed by atoms with Gasteiger partial charge in [0, 0.05) is 6.42 Å². The molecule has 0 amide bonds. The second kappa shape index (κ2) is 6.86. The Bertz CT molecular complexity index is 171. The van der Waals surface area contributed by atoms with E-state index in [-0.39, 0.29) is 5.97 Å². The number of rotatable bonds is 4. The standard InChI is InChI=1S/C7H14O2.C6H10/c1-3-5-7(8)9-6-4-2;1-2-6-4-3-5(1)6/h3-6H2,1-2H3;5-6H,1-4H2. The van der Waals surface area contributed by atoms with Crippen molar-refractivity contribution in [1.29, 1.82) is 0 Å². The highest BCUT2D eigenvalue weighted by Gasteiger charge is 2.37. The van der Waals surface area contributed by atoms with Crippen molar-refractivity contribution in [3.8, 4) is 0 Å². The lowest BCUT2D eigenvalue weighted by Crippen LogP contribution is -2.34. The highest BCUT2D eigenvalue weighted by atomic mass is 16.5. The van der Waals surface area contributed by atoms with Crippen LogP contribution >= 0.6 is 0 Å². The van der Waals surface area contributed by atoms with Gasteiger partial charge < -0.3 is 4.74 Å².